The van der Waals surface area contributed by atoms with Crippen LogP contribution in [0.1, 0.15) is 22.0 Å². The van der Waals surface area contributed by atoms with Gasteiger partial charge in [-0.25, -0.2) is 5.48 Å². The molecule has 2 N–H and O–H groups in total. The smallest absolute Gasteiger partial charge is 0.265 e. The molecule has 2 aromatic rings. The maximum absolute atomic E-state index is 12.4. The maximum atomic E-state index is 12.4. The van der Waals surface area contributed by atoms with Crippen molar-refractivity contribution in [2.45, 2.75) is 6.04 Å². The number of piperazine rings is 1. The van der Waals surface area contributed by atoms with Gasteiger partial charge in [-0.3, -0.25) is 19.7 Å². The van der Waals surface area contributed by atoms with E-state index in [9.17, 15) is 9.59 Å². The second kappa shape index (κ2) is 7.57. The number of amides is 2. The molecule has 6 nitrogen and oxygen atoms in total. The predicted octanol–water partition coefficient (Wildman–Crippen LogP) is 1.75. The van der Waals surface area contributed by atoms with Crippen molar-refractivity contribution in [3.05, 3.63) is 58.3 Å². The number of carbonyl (C=O) groups excluding carboxylic acids is 2. The summed E-state index contributed by atoms with van der Waals surface area (Å²) in [6.07, 6.45) is 0. The minimum absolute atomic E-state index is 0.0266. The van der Waals surface area contributed by atoms with Crippen molar-refractivity contribution in [3.8, 4) is 0 Å². The van der Waals surface area contributed by atoms with E-state index in [1.165, 1.54) is 11.3 Å². The van der Waals surface area contributed by atoms with E-state index >= 15 is 0 Å². The summed E-state index contributed by atoms with van der Waals surface area (Å²) in [6, 6.07) is 10.6. The molecule has 2 amide bonds. The molecule has 0 spiro atoms. The lowest BCUT2D eigenvalue weighted by Gasteiger charge is -2.38. The second-order valence-corrected chi connectivity index (χ2v) is 6.41. The molecule has 7 heteroatoms. The van der Waals surface area contributed by atoms with Gasteiger partial charge in [0.05, 0.1) is 5.56 Å². The summed E-state index contributed by atoms with van der Waals surface area (Å²) in [5, 5.41) is 12.8. The highest BCUT2D eigenvalue weighted by molar-refractivity contribution is 7.08. The summed E-state index contributed by atoms with van der Waals surface area (Å²) in [5.41, 5.74) is 3.29. The number of rotatable bonds is 4. The molecule has 0 aliphatic carbocycles. The van der Waals surface area contributed by atoms with Crippen LogP contribution in [0.5, 0.6) is 0 Å². The van der Waals surface area contributed by atoms with Crippen molar-refractivity contribution in [1.82, 2.24) is 15.3 Å². The molecule has 2 heterocycles. The Balaban J connectivity index is 1.69. The molecule has 126 valence electrons. The van der Waals surface area contributed by atoms with Crippen LogP contribution in [0.25, 0.3) is 0 Å². The fourth-order valence-electron chi connectivity index (χ4n) is 2.98. The van der Waals surface area contributed by atoms with Crippen molar-refractivity contribution in [1.29, 1.82) is 0 Å². The number of hydroxylamine groups is 1. The van der Waals surface area contributed by atoms with Gasteiger partial charge in [-0.15, -0.1) is 0 Å². The van der Waals surface area contributed by atoms with Crippen LogP contribution in [0.2, 0.25) is 0 Å². The van der Waals surface area contributed by atoms with Gasteiger partial charge < -0.3 is 4.90 Å². The number of nitrogens with zero attached hydrogens (tertiary/aromatic N) is 2. The minimum atomic E-state index is -0.561. The molecule has 1 aromatic carbocycles. The van der Waals surface area contributed by atoms with Gasteiger partial charge >= 0.3 is 0 Å². The number of benzene rings is 1. The fraction of sp³-hybridized carbons (Fsp3) is 0.294. The zero-order chi connectivity index (χ0) is 16.9. The summed E-state index contributed by atoms with van der Waals surface area (Å²) in [4.78, 5) is 28.3. The van der Waals surface area contributed by atoms with Gasteiger partial charge in [-0.2, -0.15) is 11.3 Å². The monoisotopic (exact) mass is 345 g/mol. The first kappa shape index (κ1) is 16.6. The first-order valence-electron chi connectivity index (χ1n) is 7.75. The average Bonchev–Trinajstić information content (AvgIpc) is 3.17. The largest absolute Gasteiger partial charge is 0.336 e. The van der Waals surface area contributed by atoms with Gasteiger partial charge in [0.15, 0.2) is 0 Å². The van der Waals surface area contributed by atoms with E-state index in [-0.39, 0.29) is 5.91 Å². The minimum Gasteiger partial charge on any atom is -0.336 e. The van der Waals surface area contributed by atoms with Crippen molar-refractivity contribution >= 4 is 23.2 Å². The van der Waals surface area contributed by atoms with Crippen LogP contribution in [-0.2, 0) is 4.79 Å². The molecule has 0 radical (unpaired) electrons. The Hall–Kier alpha value is -2.22. The third-order valence-corrected chi connectivity index (χ3v) is 4.89. The van der Waals surface area contributed by atoms with Gasteiger partial charge in [0, 0.05) is 31.6 Å². The zero-order valence-corrected chi connectivity index (χ0v) is 13.9. The van der Waals surface area contributed by atoms with Gasteiger partial charge in [-0.05, 0) is 17.0 Å². The van der Waals surface area contributed by atoms with Crippen molar-refractivity contribution in [3.63, 3.8) is 0 Å². The Kier molecular flexibility index (Phi) is 5.24. The molecular formula is C17H19N3O3S. The van der Waals surface area contributed by atoms with Gasteiger partial charge in [-0.1, -0.05) is 30.3 Å². The Labute approximate surface area is 144 Å². The Morgan fingerprint density at radius 2 is 1.79 bits per heavy atom. The molecule has 1 saturated heterocycles. The predicted molar refractivity (Wildman–Crippen MR) is 90.9 cm³/mol. The lowest BCUT2D eigenvalue weighted by atomic mass is 10.0. The molecule has 3 rings (SSSR count). The van der Waals surface area contributed by atoms with E-state index in [1.807, 2.05) is 52.1 Å². The highest BCUT2D eigenvalue weighted by Crippen LogP contribution is 2.23. The lowest BCUT2D eigenvalue weighted by molar-refractivity contribution is -0.135. The zero-order valence-electron chi connectivity index (χ0n) is 13.1. The normalized spacial score (nSPS) is 16.6. The molecule has 1 atom stereocenters. The van der Waals surface area contributed by atoms with Crippen LogP contribution in [0.15, 0.2) is 47.2 Å². The van der Waals surface area contributed by atoms with Crippen LogP contribution >= 0.6 is 11.3 Å². The number of carbonyl (C=O) groups is 2. The molecule has 1 aliphatic heterocycles. The van der Waals surface area contributed by atoms with Gasteiger partial charge in [0.25, 0.3) is 11.8 Å². The summed E-state index contributed by atoms with van der Waals surface area (Å²) in [5.74, 6) is -0.433. The van der Waals surface area contributed by atoms with E-state index < -0.39 is 11.9 Å². The van der Waals surface area contributed by atoms with E-state index in [0.29, 0.717) is 31.7 Å². The Morgan fingerprint density at radius 3 is 2.38 bits per heavy atom. The maximum Gasteiger partial charge on any atom is 0.265 e. The van der Waals surface area contributed by atoms with E-state index in [4.69, 9.17) is 5.21 Å². The summed E-state index contributed by atoms with van der Waals surface area (Å²) in [7, 11) is 0. The molecule has 1 unspecified atom stereocenters. The second-order valence-electron chi connectivity index (χ2n) is 5.63. The molecule has 24 heavy (non-hydrogen) atoms. The molecule has 0 saturated carbocycles. The van der Waals surface area contributed by atoms with E-state index in [2.05, 4.69) is 0 Å². The molecule has 1 aliphatic rings. The average molecular weight is 345 g/mol. The molecular weight excluding hydrogens is 326 g/mol. The first-order chi connectivity index (χ1) is 11.7. The topological polar surface area (TPSA) is 72.9 Å². The van der Waals surface area contributed by atoms with Crippen molar-refractivity contribution in [2.24, 2.45) is 0 Å². The standard InChI is InChI=1S/C17H19N3O3S/c21-16(18-23)15(13-4-2-1-3-5-13)19-7-9-20(10-8-19)17(22)14-6-11-24-12-14/h1-6,11-12,15,23H,7-10H2,(H,18,21). The molecule has 1 aromatic heterocycles. The molecule has 1 fully saturated rings. The SMILES string of the molecule is O=C(NO)C(c1ccccc1)N1CCN(C(=O)c2ccsc2)CC1. The number of hydrogen-bond donors (Lipinski definition) is 2. The van der Waals surface area contributed by atoms with Crippen LogP contribution in [0.3, 0.4) is 0 Å². The Bertz CT molecular complexity index is 682. The fourth-order valence-corrected chi connectivity index (χ4v) is 3.61. The lowest BCUT2D eigenvalue weighted by Crippen LogP contribution is -2.52. The number of thiophene rings is 1. The van der Waals surface area contributed by atoms with Crippen LogP contribution < -0.4 is 5.48 Å². The number of nitrogens with one attached hydrogen (secondary N) is 1. The Morgan fingerprint density at radius 1 is 1.08 bits per heavy atom. The third-order valence-electron chi connectivity index (χ3n) is 4.21. The summed E-state index contributed by atoms with van der Waals surface area (Å²) >= 11 is 1.50. The van der Waals surface area contributed by atoms with Gasteiger partial charge in [0.1, 0.15) is 6.04 Å². The van der Waals surface area contributed by atoms with Crippen LogP contribution in [-0.4, -0.2) is 53.0 Å². The quantitative estimate of drug-likeness (QED) is 0.654. The third kappa shape index (κ3) is 3.48. The van der Waals surface area contributed by atoms with Crippen LogP contribution in [0.4, 0.5) is 0 Å². The summed E-state index contributed by atoms with van der Waals surface area (Å²) in [6.45, 7) is 2.25. The van der Waals surface area contributed by atoms with Crippen molar-refractivity contribution < 1.29 is 14.8 Å². The highest BCUT2D eigenvalue weighted by atomic mass is 32.1. The molecule has 0 bridgehead atoms. The first-order valence-corrected chi connectivity index (χ1v) is 8.69. The van der Waals surface area contributed by atoms with Crippen LogP contribution in [0, 0.1) is 0 Å². The highest BCUT2D eigenvalue weighted by Gasteiger charge is 2.31. The number of hydrogen-bond acceptors (Lipinski definition) is 5. The summed E-state index contributed by atoms with van der Waals surface area (Å²) < 4.78 is 0. The van der Waals surface area contributed by atoms with E-state index in [1.54, 1.807) is 10.4 Å². The van der Waals surface area contributed by atoms with Crippen molar-refractivity contribution in [2.75, 3.05) is 26.2 Å². The van der Waals surface area contributed by atoms with E-state index in [0.717, 1.165) is 5.56 Å². The van der Waals surface area contributed by atoms with Gasteiger partial charge in [0.2, 0.25) is 0 Å².